The topological polar surface area (TPSA) is 29.9 Å². The third-order valence-electron chi connectivity index (χ3n) is 4.37. The van der Waals surface area contributed by atoms with Crippen molar-refractivity contribution in [1.29, 1.82) is 0 Å². The zero-order chi connectivity index (χ0) is 14.8. The van der Waals surface area contributed by atoms with Gasteiger partial charge in [0.15, 0.2) is 0 Å². The van der Waals surface area contributed by atoms with Crippen LogP contribution in [0.2, 0.25) is 0 Å². The molecule has 0 aliphatic carbocycles. The Balaban J connectivity index is 1.84. The molecular weight excluding hydrogens is 265 g/mol. The number of fused-ring (bicyclic) bond motifs is 1. The van der Waals surface area contributed by atoms with Crippen LogP contribution < -0.4 is 5.32 Å². The lowest BCUT2D eigenvalue weighted by atomic mass is 10.0. The lowest BCUT2D eigenvalue weighted by molar-refractivity contribution is 0.378. The van der Waals surface area contributed by atoms with Crippen molar-refractivity contribution >= 4 is 11.0 Å². The van der Waals surface area contributed by atoms with E-state index < -0.39 is 0 Å². The summed E-state index contributed by atoms with van der Waals surface area (Å²) in [6.45, 7) is 5.45. The van der Waals surface area contributed by atoms with E-state index in [0.717, 1.165) is 36.2 Å². The molecule has 1 saturated heterocycles. The van der Waals surface area contributed by atoms with Gasteiger partial charge in [-0.05, 0) is 51.8 Å². The molecule has 3 rings (SSSR count). The van der Waals surface area contributed by atoms with Gasteiger partial charge in [-0.3, -0.25) is 0 Å². The van der Waals surface area contributed by atoms with E-state index in [-0.39, 0.29) is 5.82 Å². The van der Waals surface area contributed by atoms with E-state index in [9.17, 15) is 4.39 Å². The van der Waals surface area contributed by atoms with Gasteiger partial charge in [-0.1, -0.05) is 6.42 Å². The minimum atomic E-state index is -0.212. The van der Waals surface area contributed by atoms with Gasteiger partial charge in [-0.2, -0.15) is 0 Å². The molecule has 0 bridgehead atoms. The van der Waals surface area contributed by atoms with E-state index in [2.05, 4.69) is 28.7 Å². The van der Waals surface area contributed by atoms with Gasteiger partial charge >= 0.3 is 0 Å². The van der Waals surface area contributed by atoms with Crippen LogP contribution in [0.15, 0.2) is 18.2 Å². The number of halogens is 1. The first kappa shape index (κ1) is 14.5. The number of nitrogens with one attached hydrogen (secondary N) is 1. The molecule has 1 N–H and O–H groups in total. The number of benzene rings is 1. The van der Waals surface area contributed by atoms with Crippen LogP contribution in [0.1, 0.15) is 51.4 Å². The Morgan fingerprint density at radius 2 is 2.24 bits per heavy atom. The highest BCUT2D eigenvalue weighted by atomic mass is 19.1. The first-order valence-electron chi connectivity index (χ1n) is 8.05. The van der Waals surface area contributed by atoms with Crippen LogP contribution in [0.25, 0.3) is 11.0 Å². The predicted molar refractivity (Wildman–Crippen MR) is 84.0 cm³/mol. The predicted octanol–water partition coefficient (Wildman–Crippen LogP) is 3.83. The average Bonchev–Trinajstić information content (AvgIpc) is 2.83. The highest BCUT2D eigenvalue weighted by Gasteiger charge is 2.17. The summed E-state index contributed by atoms with van der Waals surface area (Å²) in [5.74, 6) is 0.870. The summed E-state index contributed by atoms with van der Waals surface area (Å²) >= 11 is 0. The van der Waals surface area contributed by atoms with Crippen molar-refractivity contribution in [2.24, 2.45) is 0 Å². The van der Waals surface area contributed by atoms with Crippen molar-refractivity contribution in [1.82, 2.24) is 14.9 Å². The maximum Gasteiger partial charge on any atom is 0.125 e. The highest BCUT2D eigenvalue weighted by molar-refractivity contribution is 5.76. The smallest absolute Gasteiger partial charge is 0.125 e. The summed E-state index contributed by atoms with van der Waals surface area (Å²) in [7, 11) is 0. The largest absolute Gasteiger partial charge is 0.325 e. The number of piperidine rings is 1. The SMILES string of the molecule is CC(C)n1c(CCC2CCCCN2)nc2cc(F)ccc21. The average molecular weight is 289 g/mol. The van der Waals surface area contributed by atoms with Crippen molar-refractivity contribution in [2.75, 3.05) is 6.54 Å². The fourth-order valence-electron chi connectivity index (χ4n) is 3.35. The molecule has 1 aliphatic rings. The lowest BCUT2D eigenvalue weighted by Crippen LogP contribution is -2.34. The van der Waals surface area contributed by atoms with Gasteiger partial charge in [-0.15, -0.1) is 0 Å². The summed E-state index contributed by atoms with van der Waals surface area (Å²) in [6.07, 6.45) is 5.94. The monoisotopic (exact) mass is 289 g/mol. The highest BCUT2D eigenvalue weighted by Crippen LogP contribution is 2.23. The minimum Gasteiger partial charge on any atom is -0.325 e. The molecule has 1 aliphatic heterocycles. The van der Waals surface area contributed by atoms with Gasteiger partial charge < -0.3 is 9.88 Å². The van der Waals surface area contributed by atoms with Gasteiger partial charge in [0, 0.05) is 24.6 Å². The van der Waals surface area contributed by atoms with Crippen molar-refractivity contribution in [3.8, 4) is 0 Å². The molecule has 1 aromatic heterocycles. The third kappa shape index (κ3) is 3.10. The molecule has 1 fully saturated rings. The second kappa shape index (κ2) is 6.14. The Morgan fingerprint density at radius 3 is 2.95 bits per heavy atom. The molecule has 0 amide bonds. The van der Waals surface area contributed by atoms with Gasteiger partial charge in [0.05, 0.1) is 11.0 Å². The molecule has 0 saturated carbocycles. The Bertz CT molecular complexity index is 612. The molecular formula is C17H24FN3. The Morgan fingerprint density at radius 1 is 1.38 bits per heavy atom. The molecule has 114 valence electrons. The van der Waals surface area contributed by atoms with Crippen LogP contribution in [0.4, 0.5) is 4.39 Å². The number of nitrogens with zero attached hydrogens (tertiary/aromatic N) is 2. The number of hydrogen-bond donors (Lipinski definition) is 1. The van der Waals surface area contributed by atoms with E-state index in [1.54, 1.807) is 0 Å². The maximum atomic E-state index is 13.4. The quantitative estimate of drug-likeness (QED) is 0.927. The van der Waals surface area contributed by atoms with Gasteiger partial charge in [-0.25, -0.2) is 9.37 Å². The Labute approximate surface area is 125 Å². The second-order valence-corrected chi connectivity index (χ2v) is 6.31. The summed E-state index contributed by atoms with van der Waals surface area (Å²) in [4.78, 5) is 4.67. The van der Waals surface area contributed by atoms with E-state index in [4.69, 9.17) is 0 Å². The molecule has 0 radical (unpaired) electrons. The molecule has 1 atom stereocenters. The van der Waals surface area contributed by atoms with Crippen molar-refractivity contribution in [2.45, 2.75) is 58.0 Å². The van der Waals surface area contributed by atoms with Crippen LogP contribution in [-0.4, -0.2) is 22.1 Å². The molecule has 1 unspecified atom stereocenters. The minimum absolute atomic E-state index is 0.212. The zero-order valence-corrected chi connectivity index (χ0v) is 12.9. The molecule has 4 heteroatoms. The van der Waals surface area contributed by atoms with Crippen molar-refractivity contribution < 1.29 is 4.39 Å². The van der Waals surface area contributed by atoms with Gasteiger partial charge in [0.25, 0.3) is 0 Å². The molecule has 3 nitrogen and oxygen atoms in total. The molecule has 0 spiro atoms. The second-order valence-electron chi connectivity index (χ2n) is 6.31. The standard InChI is InChI=1S/C17H24FN3/c1-12(2)21-16-8-6-13(18)11-15(16)20-17(21)9-7-14-5-3-4-10-19-14/h6,8,11-12,14,19H,3-5,7,9-10H2,1-2H3. The van der Waals surface area contributed by atoms with E-state index >= 15 is 0 Å². The van der Waals surface area contributed by atoms with E-state index in [1.165, 1.54) is 31.4 Å². The number of aryl methyl sites for hydroxylation is 1. The zero-order valence-electron chi connectivity index (χ0n) is 12.9. The van der Waals surface area contributed by atoms with Gasteiger partial charge in [0.1, 0.15) is 11.6 Å². The van der Waals surface area contributed by atoms with Crippen molar-refractivity contribution in [3.05, 3.63) is 29.8 Å². The first-order chi connectivity index (χ1) is 10.1. The molecule has 2 heterocycles. The fraction of sp³-hybridized carbons (Fsp3) is 0.588. The van der Waals surface area contributed by atoms with Crippen LogP contribution >= 0.6 is 0 Å². The van der Waals surface area contributed by atoms with Crippen molar-refractivity contribution in [3.63, 3.8) is 0 Å². The Hall–Kier alpha value is -1.42. The van der Waals surface area contributed by atoms with Crippen LogP contribution in [0.3, 0.4) is 0 Å². The summed E-state index contributed by atoms with van der Waals surface area (Å²) in [5, 5.41) is 3.58. The van der Waals surface area contributed by atoms with Gasteiger partial charge in [0.2, 0.25) is 0 Å². The first-order valence-corrected chi connectivity index (χ1v) is 8.05. The fourth-order valence-corrected chi connectivity index (χ4v) is 3.35. The summed E-state index contributed by atoms with van der Waals surface area (Å²) in [6, 6.07) is 5.86. The van der Waals surface area contributed by atoms with E-state index in [0.29, 0.717) is 12.1 Å². The maximum absolute atomic E-state index is 13.4. The Kier molecular flexibility index (Phi) is 4.24. The molecule has 1 aromatic carbocycles. The van der Waals surface area contributed by atoms with E-state index in [1.807, 2.05) is 6.07 Å². The number of imidazole rings is 1. The van der Waals surface area contributed by atoms with Crippen LogP contribution in [0.5, 0.6) is 0 Å². The normalized spacial score (nSPS) is 19.5. The molecule has 2 aromatic rings. The third-order valence-corrected chi connectivity index (χ3v) is 4.37. The lowest BCUT2D eigenvalue weighted by Gasteiger charge is -2.23. The molecule has 21 heavy (non-hydrogen) atoms. The number of aromatic nitrogens is 2. The van der Waals surface area contributed by atoms with Crippen LogP contribution in [0, 0.1) is 5.82 Å². The number of hydrogen-bond acceptors (Lipinski definition) is 2. The summed E-state index contributed by atoms with van der Waals surface area (Å²) in [5.41, 5.74) is 1.81. The summed E-state index contributed by atoms with van der Waals surface area (Å²) < 4.78 is 15.6. The van der Waals surface area contributed by atoms with Crippen LogP contribution in [-0.2, 0) is 6.42 Å². The number of rotatable bonds is 4.